The highest BCUT2D eigenvalue weighted by Gasteiger charge is 2.51. The number of esters is 1. The Labute approximate surface area is 121 Å². The third-order valence-corrected chi connectivity index (χ3v) is 6.02. The second-order valence-corrected chi connectivity index (χ2v) is 7.08. The monoisotopic (exact) mass is 285 g/mol. The summed E-state index contributed by atoms with van der Waals surface area (Å²) in [6.07, 6.45) is 9.04. The van der Waals surface area contributed by atoms with Crippen LogP contribution in [0.4, 0.5) is 0 Å². The summed E-state index contributed by atoms with van der Waals surface area (Å²) in [7, 11) is 1.91. The fraction of sp³-hybridized carbons (Fsp3) is 0.933. The maximum Gasteiger partial charge on any atom is 0.327 e. The standard InChI is InChI=1S/C15H27NO2S/c1-3-18-14(17)15(16-2,12-9-10-12)11-19-13-7-5-4-6-8-13/h12-13,16H,3-11H2,1-2H3. The van der Waals surface area contributed by atoms with E-state index in [1.165, 1.54) is 32.1 Å². The van der Waals surface area contributed by atoms with Gasteiger partial charge in [0, 0.05) is 11.0 Å². The van der Waals surface area contributed by atoms with Gasteiger partial charge < -0.3 is 10.1 Å². The van der Waals surface area contributed by atoms with Crippen molar-refractivity contribution in [2.24, 2.45) is 5.92 Å². The van der Waals surface area contributed by atoms with Crippen LogP contribution in [0, 0.1) is 5.92 Å². The number of hydrogen-bond donors (Lipinski definition) is 1. The Morgan fingerprint density at radius 3 is 2.47 bits per heavy atom. The quantitative estimate of drug-likeness (QED) is 0.730. The molecule has 19 heavy (non-hydrogen) atoms. The average Bonchev–Trinajstić information content (AvgIpc) is 3.27. The lowest BCUT2D eigenvalue weighted by atomic mass is 9.96. The first kappa shape index (κ1) is 15.2. The van der Waals surface area contributed by atoms with E-state index in [2.05, 4.69) is 5.32 Å². The zero-order chi connectivity index (χ0) is 13.7. The molecule has 2 saturated carbocycles. The zero-order valence-electron chi connectivity index (χ0n) is 12.2. The summed E-state index contributed by atoms with van der Waals surface area (Å²) >= 11 is 1.99. The van der Waals surface area contributed by atoms with E-state index in [1.54, 1.807) is 0 Å². The molecule has 0 radical (unpaired) electrons. The van der Waals surface area contributed by atoms with E-state index in [1.807, 2.05) is 25.7 Å². The minimum absolute atomic E-state index is 0.0386. The van der Waals surface area contributed by atoms with Crippen molar-refractivity contribution in [2.45, 2.75) is 62.7 Å². The largest absolute Gasteiger partial charge is 0.465 e. The van der Waals surface area contributed by atoms with Crippen LogP contribution in [0.1, 0.15) is 51.9 Å². The maximum atomic E-state index is 12.4. The summed E-state index contributed by atoms with van der Waals surface area (Å²) in [4.78, 5) is 12.4. The van der Waals surface area contributed by atoms with Crippen LogP contribution >= 0.6 is 11.8 Å². The van der Waals surface area contributed by atoms with Gasteiger partial charge in [0.1, 0.15) is 5.54 Å². The summed E-state index contributed by atoms with van der Waals surface area (Å²) in [5, 5.41) is 4.05. The number of carbonyl (C=O) groups is 1. The van der Waals surface area contributed by atoms with Crippen LogP contribution in [-0.2, 0) is 9.53 Å². The molecule has 1 unspecified atom stereocenters. The molecule has 2 aliphatic rings. The fourth-order valence-electron chi connectivity index (χ4n) is 3.04. The third-order valence-electron chi connectivity index (χ3n) is 4.46. The van der Waals surface area contributed by atoms with Crippen molar-refractivity contribution in [1.29, 1.82) is 0 Å². The van der Waals surface area contributed by atoms with Crippen molar-refractivity contribution in [3.63, 3.8) is 0 Å². The molecular weight excluding hydrogens is 258 g/mol. The van der Waals surface area contributed by atoms with Gasteiger partial charge in [-0.3, -0.25) is 4.79 Å². The highest BCUT2D eigenvalue weighted by molar-refractivity contribution is 8.00. The van der Waals surface area contributed by atoms with Crippen molar-refractivity contribution in [3.8, 4) is 0 Å². The van der Waals surface area contributed by atoms with E-state index < -0.39 is 5.54 Å². The molecule has 3 nitrogen and oxygen atoms in total. The second kappa shape index (κ2) is 6.98. The number of hydrogen-bond acceptors (Lipinski definition) is 4. The Morgan fingerprint density at radius 1 is 1.26 bits per heavy atom. The molecule has 2 rings (SSSR count). The smallest absolute Gasteiger partial charge is 0.327 e. The van der Waals surface area contributed by atoms with Gasteiger partial charge in [-0.25, -0.2) is 0 Å². The van der Waals surface area contributed by atoms with Gasteiger partial charge in [0.05, 0.1) is 6.61 Å². The minimum atomic E-state index is -0.432. The third kappa shape index (κ3) is 3.66. The molecule has 2 aliphatic carbocycles. The number of ether oxygens (including phenoxy) is 1. The molecule has 1 atom stereocenters. The van der Waals surface area contributed by atoms with Gasteiger partial charge in [-0.15, -0.1) is 0 Å². The van der Waals surface area contributed by atoms with Gasteiger partial charge in [0.15, 0.2) is 0 Å². The summed E-state index contributed by atoms with van der Waals surface area (Å²) in [6, 6.07) is 0. The topological polar surface area (TPSA) is 38.3 Å². The molecule has 4 heteroatoms. The number of thioether (sulfide) groups is 1. The number of nitrogens with one attached hydrogen (secondary N) is 1. The van der Waals surface area contributed by atoms with Crippen LogP contribution in [0.5, 0.6) is 0 Å². The lowest BCUT2D eigenvalue weighted by Gasteiger charge is -2.33. The minimum Gasteiger partial charge on any atom is -0.465 e. The number of rotatable bonds is 7. The van der Waals surface area contributed by atoms with E-state index >= 15 is 0 Å². The van der Waals surface area contributed by atoms with Gasteiger partial charge in [-0.05, 0) is 45.6 Å². The molecule has 0 aromatic heterocycles. The van der Waals surface area contributed by atoms with E-state index in [-0.39, 0.29) is 5.97 Å². The summed E-state index contributed by atoms with van der Waals surface area (Å²) in [5.74, 6) is 1.31. The molecule has 0 heterocycles. The van der Waals surface area contributed by atoms with Crippen LogP contribution < -0.4 is 5.32 Å². The van der Waals surface area contributed by atoms with Crippen LogP contribution in [0.3, 0.4) is 0 Å². The predicted octanol–water partition coefficient (Wildman–Crippen LogP) is 2.98. The molecule has 1 N–H and O–H groups in total. The summed E-state index contributed by atoms with van der Waals surface area (Å²) in [5.41, 5.74) is -0.432. The molecule has 0 aromatic carbocycles. The number of likely N-dealkylation sites (N-methyl/N-ethyl adjacent to an activating group) is 1. The summed E-state index contributed by atoms with van der Waals surface area (Å²) < 4.78 is 5.32. The lowest BCUT2D eigenvalue weighted by molar-refractivity contribution is -0.151. The van der Waals surface area contributed by atoms with Crippen molar-refractivity contribution in [2.75, 3.05) is 19.4 Å². The van der Waals surface area contributed by atoms with Gasteiger partial charge in [-0.1, -0.05) is 19.3 Å². The molecule has 110 valence electrons. The molecular formula is C15H27NO2S. The summed E-state index contributed by atoms with van der Waals surface area (Å²) in [6.45, 7) is 2.36. The van der Waals surface area contributed by atoms with Gasteiger partial charge in [-0.2, -0.15) is 11.8 Å². The van der Waals surface area contributed by atoms with Crippen molar-refractivity contribution < 1.29 is 9.53 Å². The first-order chi connectivity index (χ1) is 9.23. The SMILES string of the molecule is CCOC(=O)C(CSC1CCCCC1)(NC)C1CC1. The van der Waals surface area contributed by atoms with E-state index in [9.17, 15) is 4.79 Å². The van der Waals surface area contributed by atoms with E-state index in [0.29, 0.717) is 12.5 Å². The maximum absolute atomic E-state index is 12.4. The van der Waals surface area contributed by atoms with Crippen molar-refractivity contribution in [1.82, 2.24) is 5.32 Å². The molecule has 0 amide bonds. The van der Waals surface area contributed by atoms with Crippen LogP contribution in [-0.4, -0.2) is 36.2 Å². The number of carbonyl (C=O) groups excluding carboxylic acids is 1. The first-order valence-electron chi connectivity index (χ1n) is 7.70. The fourth-order valence-corrected chi connectivity index (χ4v) is 4.70. The van der Waals surface area contributed by atoms with E-state index in [4.69, 9.17) is 4.74 Å². The van der Waals surface area contributed by atoms with Crippen molar-refractivity contribution >= 4 is 17.7 Å². The Morgan fingerprint density at radius 2 is 1.95 bits per heavy atom. The van der Waals surface area contributed by atoms with Crippen molar-refractivity contribution in [3.05, 3.63) is 0 Å². The van der Waals surface area contributed by atoms with Gasteiger partial charge >= 0.3 is 5.97 Å². The highest BCUT2D eigenvalue weighted by atomic mass is 32.2. The zero-order valence-corrected chi connectivity index (χ0v) is 13.1. The first-order valence-corrected chi connectivity index (χ1v) is 8.75. The lowest BCUT2D eigenvalue weighted by Crippen LogP contribution is -2.55. The Kier molecular flexibility index (Phi) is 5.58. The predicted molar refractivity (Wildman–Crippen MR) is 80.5 cm³/mol. The second-order valence-electron chi connectivity index (χ2n) is 5.79. The van der Waals surface area contributed by atoms with Gasteiger partial charge in [0.2, 0.25) is 0 Å². The average molecular weight is 285 g/mol. The molecule has 0 aromatic rings. The Bertz CT molecular complexity index is 301. The molecule has 0 spiro atoms. The van der Waals surface area contributed by atoms with Crippen LogP contribution in [0.15, 0.2) is 0 Å². The van der Waals surface area contributed by atoms with Gasteiger partial charge in [0.25, 0.3) is 0 Å². The molecule has 2 fully saturated rings. The normalized spacial score (nSPS) is 23.9. The van der Waals surface area contributed by atoms with E-state index in [0.717, 1.165) is 23.8 Å². The highest BCUT2D eigenvalue weighted by Crippen LogP contribution is 2.43. The Hall–Kier alpha value is -0.220. The van der Waals surface area contributed by atoms with Crippen LogP contribution in [0.2, 0.25) is 0 Å². The van der Waals surface area contributed by atoms with Crippen LogP contribution in [0.25, 0.3) is 0 Å². The molecule has 0 bridgehead atoms. The molecule has 0 aliphatic heterocycles. The molecule has 0 saturated heterocycles. The Balaban J connectivity index is 1.94.